The number of ether oxygens (including phenoxy) is 1. The van der Waals surface area contributed by atoms with Crippen LogP contribution in [0.3, 0.4) is 0 Å². The summed E-state index contributed by atoms with van der Waals surface area (Å²) >= 11 is 0. The molecule has 29 heavy (non-hydrogen) atoms. The zero-order valence-corrected chi connectivity index (χ0v) is 18.8. The second-order valence-electron chi connectivity index (χ2n) is 8.39. The quantitative estimate of drug-likeness (QED) is 0.182. The monoisotopic (exact) mass is 402 g/mol. The molecule has 0 saturated carbocycles. The fraction of sp³-hybridized carbons (Fsp3) is 0.654. The van der Waals surface area contributed by atoms with Crippen molar-refractivity contribution in [2.45, 2.75) is 104 Å². The minimum absolute atomic E-state index is 0.341. The average molecular weight is 403 g/mol. The third-order valence-electron chi connectivity index (χ3n) is 5.19. The van der Waals surface area contributed by atoms with Gasteiger partial charge in [-0.3, -0.25) is 0 Å². The van der Waals surface area contributed by atoms with E-state index < -0.39 is 12.2 Å². The lowest BCUT2D eigenvalue weighted by atomic mass is 10.00. The smallest absolute Gasteiger partial charge is 0.338 e. The van der Waals surface area contributed by atoms with Gasteiger partial charge in [-0.2, -0.15) is 0 Å². The first-order valence-corrected chi connectivity index (χ1v) is 11.6. The summed E-state index contributed by atoms with van der Waals surface area (Å²) in [7, 11) is 0. The lowest BCUT2D eigenvalue weighted by Crippen LogP contribution is -2.31. The van der Waals surface area contributed by atoms with Crippen molar-refractivity contribution >= 4 is 5.97 Å². The Labute approximate surface area is 178 Å². The third-order valence-corrected chi connectivity index (χ3v) is 5.19. The normalized spacial score (nSPS) is 13.7. The van der Waals surface area contributed by atoms with Gasteiger partial charge in [-0.15, -0.1) is 0 Å². The van der Waals surface area contributed by atoms with Crippen LogP contribution in [0.1, 0.15) is 102 Å². The Hall–Kier alpha value is -1.61. The molecule has 1 aromatic carbocycles. The Bertz CT molecular complexity index is 550. The van der Waals surface area contributed by atoms with E-state index in [1.807, 2.05) is 18.2 Å². The molecule has 1 rings (SSSR count). The minimum atomic E-state index is -0.621. The summed E-state index contributed by atoms with van der Waals surface area (Å²) in [6.07, 6.45) is 15.2. The molecule has 1 N–H and O–H groups in total. The van der Waals surface area contributed by atoms with E-state index in [4.69, 9.17) is 4.74 Å². The standard InChI is InChI=1S/C26H42O3/c1-4-5-6-7-8-9-10-14-21-25(24(27)20-16-15-17-22(2)3)29-26(28)23-18-12-11-13-19-23/h11-13,15,17-19,22,24-25,27H,4-10,14,16,20-21H2,1-3H3/b17-15-/t24-,25+/m1/s1. The fourth-order valence-electron chi connectivity index (χ4n) is 3.41. The van der Waals surface area contributed by atoms with Gasteiger partial charge in [-0.25, -0.2) is 4.79 Å². The number of hydrogen-bond acceptors (Lipinski definition) is 3. The van der Waals surface area contributed by atoms with E-state index in [1.54, 1.807) is 12.1 Å². The van der Waals surface area contributed by atoms with Crippen LogP contribution in [0.25, 0.3) is 0 Å². The first-order valence-electron chi connectivity index (χ1n) is 11.6. The van der Waals surface area contributed by atoms with Gasteiger partial charge < -0.3 is 9.84 Å². The number of esters is 1. The van der Waals surface area contributed by atoms with E-state index in [2.05, 4.69) is 32.9 Å². The number of carbonyl (C=O) groups is 1. The molecule has 0 unspecified atom stereocenters. The van der Waals surface area contributed by atoms with Crippen molar-refractivity contribution < 1.29 is 14.6 Å². The van der Waals surface area contributed by atoms with Crippen molar-refractivity contribution in [3.8, 4) is 0 Å². The van der Waals surface area contributed by atoms with Crippen molar-refractivity contribution in [1.82, 2.24) is 0 Å². The first-order chi connectivity index (χ1) is 14.0. The summed E-state index contributed by atoms with van der Waals surface area (Å²) in [5.74, 6) is 0.170. The van der Waals surface area contributed by atoms with Gasteiger partial charge in [0.05, 0.1) is 11.7 Å². The predicted molar refractivity (Wildman–Crippen MR) is 122 cm³/mol. The van der Waals surface area contributed by atoms with Crippen LogP contribution in [0.2, 0.25) is 0 Å². The number of aliphatic hydroxyl groups excluding tert-OH is 1. The molecule has 0 aromatic heterocycles. The SMILES string of the molecule is CCCCCCCCCC[C@H](OC(=O)c1ccccc1)[C@H](O)CC/C=C\C(C)C. The number of allylic oxidation sites excluding steroid dienone is 2. The Morgan fingerprint density at radius 1 is 0.966 bits per heavy atom. The Kier molecular flexibility index (Phi) is 14.2. The van der Waals surface area contributed by atoms with Crippen LogP contribution in [0.5, 0.6) is 0 Å². The van der Waals surface area contributed by atoms with E-state index >= 15 is 0 Å². The van der Waals surface area contributed by atoms with Crippen LogP contribution in [0.4, 0.5) is 0 Å². The lowest BCUT2D eigenvalue weighted by Gasteiger charge is -2.23. The summed E-state index contributed by atoms with van der Waals surface area (Å²) in [5.41, 5.74) is 0.542. The van der Waals surface area contributed by atoms with Gasteiger partial charge in [0.1, 0.15) is 6.10 Å². The lowest BCUT2D eigenvalue weighted by molar-refractivity contribution is -0.0247. The number of unbranched alkanes of at least 4 members (excludes halogenated alkanes) is 7. The van der Waals surface area contributed by atoms with Gasteiger partial charge in [0.2, 0.25) is 0 Å². The van der Waals surface area contributed by atoms with Crippen molar-refractivity contribution in [1.29, 1.82) is 0 Å². The number of aliphatic hydroxyl groups is 1. The van der Waals surface area contributed by atoms with Crippen molar-refractivity contribution in [3.05, 3.63) is 48.0 Å². The molecule has 0 aliphatic rings. The molecule has 0 spiro atoms. The maximum absolute atomic E-state index is 12.5. The molecule has 0 aliphatic carbocycles. The van der Waals surface area contributed by atoms with Crippen LogP contribution >= 0.6 is 0 Å². The second-order valence-corrected chi connectivity index (χ2v) is 8.39. The highest BCUT2D eigenvalue weighted by atomic mass is 16.6. The van der Waals surface area contributed by atoms with Crippen LogP contribution in [-0.4, -0.2) is 23.3 Å². The third kappa shape index (κ3) is 12.5. The van der Waals surface area contributed by atoms with E-state index in [0.717, 1.165) is 25.7 Å². The van der Waals surface area contributed by atoms with Crippen LogP contribution in [-0.2, 0) is 4.74 Å². The molecule has 0 radical (unpaired) electrons. The Morgan fingerprint density at radius 3 is 2.21 bits per heavy atom. The largest absolute Gasteiger partial charge is 0.456 e. The van der Waals surface area contributed by atoms with E-state index in [-0.39, 0.29) is 5.97 Å². The predicted octanol–water partition coefficient (Wildman–Crippen LogP) is 7.10. The molecule has 3 heteroatoms. The number of carbonyl (C=O) groups excluding carboxylic acids is 1. The van der Waals surface area contributed by atoms with Gasteiger partial charge in [0, 0.05) is 0 Å². The highest BCUT2D eigenvalue weighted by Gasteiger charge is 2.23. The molecule has 1 aromatic rings. The van der Waals surface area contributed by atoms with Gasteiger partial charge >= 0.3 is 5.97 Å². The highest BCUT2D eigenvalue weighted by Crippen LogP contribution is 2.18. The van der Waals surface area contributed by atoms with E-state index in [1.165, 1.54) is 38.5 Å². The maximum Gasteiger partial charge on any atom is 0.338 e. The molecular formula is C26H42O3. The molecule has 0 fully saturated rings. The summed E-state index contributed by atoms with van der Waals surface area (Å²) in [6.45, 7) is 6.51. The van der Waals surface area contributed by atoms with Crippen LogP contribution in [0.15, 0.2) is 42.5 Å². The fourth-order valence-corrected chi connectivity index (χ4v) is 3.41. The number of benzene rings is 1. The zero-order valence-electron chi connectivity index (χ0n) is 18.8. The number of rotatable bonds is 16. The topological polar surface area (TPSA) is 46.5 Å². The second kappa shape index (κ2) is 16.2. The molecule has 0 amide bonds. The molecule has 0 aliphatic heterocycles. The first kappa shape index (κ1) is 25.4. The van der Waals surface area contributed by atoms with Crippen LogP contribution in [0, 0.1) is 5.92 Å². The molecule has 164 valence electrons. The maximum atomic E-state index is 12.5. The summed E-state index contributed by atoms with van der Waals surface area (Å²) < 4.78 is 5.72. The summed E-state index contributed by atoms with van der Waals surface area (Å²) in [4.78, 5) is 12.5. The van der Waals surface area contributed by atoms with Crippen molar-refractivity contribution in [2.24, 2.45) is 5.92 Å². The van der Waals surface area contributed by atoms with Gasteiger partial charge in [-0.05, 0) is 43.7 Å². The van der Waals surface area contributed by atoms with Gasteiger partial charge in [-0.1, -0.05) is 96.1 Å². The van der Waals surface area contributed by atoms with Gasteiger partial charge in [0.15, 0.2) is 0 Å². The Morgan fingerprint density at radius 2 is 1.59 bits per heavy atom. The molecule has 0 heterocycles. The molecule has 0 bridgehead atoms. The van der Waals surface area contributed by atoms with E-state index in [9.17, 15) is 9.90 Å². The molecular weight excluding hydrogens is 360 g/mol. The van der Waals surface area contributed by atoms with Crippen molar-refractivity contribution in [2.75, 3.05) is 0 Å². The highest BCUT2D eigenvalue weighted by molar-refractivity contribution is 5.89. The average Bonchev–Trinajstić information content (AvgIpc) is 2.72. The molecule has 2 atom stereocenters. The zero-order chi connectivity index (χ0) is 21.3. The van der Waals surface area contributed by atoms with Crippen molar-refractivity contribution in [3.63, 3.8) is 0 Å². The minimum Gasteiger partial charge on any atom is -0.456 e. The molecule has 0 saturated heterocycles. The summed E-state index contributed by atoms with van der Waals surface area (Å²) in [6, 6.07) is 9.06. The van der Waals surface area contributed by atoms with Gasteiger partial charge in [0.25, 0.3) is 0 Å². The van der Waals surface area contributed by atoms with E-state index in [0.29, 0.717) is 17.9 Å². The van der Waals surface area contributed by atoms with Crippen LogP contribution < -0.4 is 0 Å². The summed E-state index contributed by atoms with van der Waals surface area (Å²) in [5, 5.41) is 10.7. The molecule has 3 nitrogen and oxygen atoms in total. The Balaban J connectivity index is 2.48. The number of hydrogen-bond donors (Lipinski definition) is 1.